The molecule has 0 radical (unpaired) electrons. The summed E-state index contributed by atoms with van der Waals surface area (Å²) in [5.74, 6) is 0. The number of fused-ring (bicyclic) bond motifs is 1. The topological polar surface area (TPSA) is 17.8 Å². The molecule has 2 heteroatoms. The molecule has 2 aromatic rings. The molecular weight excluding hydrogens is 172 g/mol. The molecule has 72 valence electrons. The molecular formula is C12H14N2. The van der Waals surface area contributed by atoms with E-state index in [0.717, 1.165) is 0 Å². The fraction of sp³-hybridized carbons (Fsp3) is 0.250. The van der Waals surface area contributed by atoms with Crippen molar-refractivity contribution in [1.82, 2.24) is 9.78 Å². The van der Waals surface area contributed by atoms with Gasteiger partial charge in [0, 0.05) is 12.4 Å². The summed E-state index contributed by atoms with van der Waals surface area (Å²) in [4.78, 5) is 0. The highest BCUT2D eigenvalue weighted by Gasteiger charge is 2.00. The van der Waals surface area contributed by atoms with Gasteiger partial charge in [0.05, 0.1) is 11.7 Å². The zero-order valence-electron chi connectivity index (χ0n) is 8.78. The van der Waals surface area contributed by atoms with Crippen molar-refractivity contribution in [3.05, 3.63) is 36.0 Å². The fourth-order valence-corrected chi connectivity index (χ4v) is 1.58. The first kappa shape index (κ1) is 9.00. The Morgan fingerprint density at radius 2 is 2.21 bits per heavy atom. The monoisotopic (exact) mass is 186 g/mol. The molecule has 1 aromatic heterocycles. The van der Waals surface area contributed by atoms with Gasteiger partial charge in [0.15, 0.2) is 0 Å². The van der Waals surface area contributed by atoms with E-state index in [1.54, 1.807) is 0 Å². The molecule has 0 fully saturated rings. The quantitative estimate of drug-likeness (QED) is 0.669. The lowest BCUT2D eigenvalue weighted by Crippen LogP contribution is -1.88. The highest BCUT2D eigenvalue weighted by atomic mass is 15.2. The molecule has 0 N–H and O–H groups in total. The van der Waals surface area contributed by atoms with Crippen molar-refractivity contribution in [3.8, 4) is 0 Å². The molecule has 2 rings (SSSR count). The molecule has 0 atom stereocenters. The van der Waals surface area contributed by atoms with Crippen molar-refractivity contribution in [1.29, 1.82) is 0 Å². The standard InChI is InChI=1S/C12H14N2/c1-4-9(2)10-5-6-12-11(7-10)8-13-14(12)3/h4-8H,1-3H3. The third kappa shape index (κ3) is 1.33. The van der Waals surface area contributed by atoms with Gasteiger partial charge in [-0.15, -0.1) is 0 Å². The van der Waals surface area contributed by atoms with E-state index in [-0.39, 0.29) is 0 Å². The van der Waals surface area contributed by atoms with Gasteiger partial charge >= 0.3 is 0 Å². The molecule has 2 nitrogen and oxygen atoms in total. The van der Waals surface area contributed by atoms with Gasteiger partial charge in [0.1, 0.15) is 0 Å². The molecule has 0 amide bonds. The normalized spacial score (nSPS) is 12.4. The van der Waals surface area contributed by atoms with Gasteiger partial charge in [-0.1, -0.05) is 12.1 Å². The predicted octanol–water partition coefficient (Wildman–Crippen LogP) is 3.00. The lowest BCUT2D eigenvalue weighted by molar-refractivity contribution is 0.797. The van der Waals surface area contributed by atoms with Crippen molar-refractivity contribution < 1.29 is 0 Å². The number of hydrogen-bond donors (Lipinski definition) is 0. The summed E-state index contributed by atoms with van der Waals surface area (Å²) in [6.45, 7) is 4.18. The Balaban J connectivity index is 2.63. The Morgan fingerprint density at radius 3 is 2.93 bits per heavy atom. The molecule has 0 aliphatic heterocycles. The first-order chi connectivity index (χ1) is 6.72. The van der Waals surface area contributed by atoms with E-state index in [9.17, 15) is 0 Å². The van der Waals surface area contributed by atoms with Crippen LogP contribution in [-0.4, -0.2) is 9.78 Å². The molecule has 0 bridgehead atoms. The lowest BCUT2D eigenvalue weighted by atomic mass is 10.1. The Bertz CT molecular complexity index is 492. The van der Waals surface area contributed by atoms with Gasteiger partial charge in [-0.2, -0.15) is 5.10 Å². The molecule has 0 saturated carbocycles. The van der Waals surface area contributed by atoms with E-state index < -0.39 is 0 Å². The van der Waals surface area contributed by atoms with E-state index in [1.165, 1.54) is 22.0 Å². The van der Waals surface area contributed by atoms with E-state index in [2.05, 4.69) is 43.2 Å². The molecule has 14 heavy (non-hydrogen) atoms. The zero-order valence-corrected chi connectivity index (χ0v) is 8.78. The summed E-state index contributed by atoms with van der Waals surface area (Å²) in [5.41, 5.74) is 3.75. The van der Waals surface area contributed by atoms with Crippen LogP contribution in [0.5, 0.6) is 0 Å². The van der Waals surface area contributed by atoms with Crippen molar-refractivity contribution >= 4 is 16.5 Å². The van der Waals surface area contributed by atoms with E-state index in [4.69, 9.17) is 0 Å². The van der Waals surface area contributed by atoms with Gasteiger partial charge in [0.25, 0.3) is 0 Å². The zero-order chi connectivity index (χ0) is 10.1. The van der Waals surface area contributed by atoms with Crippen molar-refractivity contribution in [2.45, 2.75) is 13.8 Å². The van der Waals surface area contributed by atoms with Crippen LogP contribution in [0.1, 0.15) is 19.4 Å². The van der Waals surface area contributed by atoms with Crippen LogP contribution in [0.2, 0.25) is 0 Å². The molecule has 1 heterocycles. The summed E-state index contributed by atoms with van der Waals surface area (Å²) in [5, 5.41) is 5.42. The minimum Gasteiger partial charge on any atom is -0.268 e. The van der Waals surface area contributed by atoms with Gasteiger partial charge in [0.2, 0.25) is 0 Å². The molecule has 0 spiro atoms. The maximum absolute atomic E-state index is 4.22. The summed E-state index contributed by atoms with van der Waals surface area (Å²) in [6.07, 6.45) is 4.03. The largest absolute Gasteiger partial charge is 0.268 e. The first-order valence-corrected chi connectivity index (χ1v) is 4.77. The first-order valence-electron chi connectivity index (χ1n) is 4.77. The fourth-order valence-electron chi connectivity index (χ4n) is 1.58. The number of hydrogen-bond acceptors (Lipinski definition) is 1. The number of aromatic nitrogens is 2. The molecule has 0 aliphatic rings. The molecule has 0 saturated heterocycles. The molecule has 1 aromatic carbocycles. The van der Waals surface area contributed by atoms with E-state index in [0.29, 0.717) is 0 Å². The van der Waals surface area contributed by atoms with Crippen molar-refractivity contribution in [2.75, 3.05) is 0 Å². The van der Waals surface area contributed by atoms with Gasteiger partial charge in [-0.3, -0.25) is 4.68 Å². The predicted molar refractivity (Wildman–Crippen MR) is 60.0 cm³/mol. The van der Waals surface area contributed by atoms with Crippen LogP contribution in [0.25, 0.3) is 16.5 Å². The summed E-state index contributed by atoms with van der Waals surface area (Å²) in [6, 6.07) is 6.43. The minimum atomic E-state index is 1.18. The molecule has 0 aliphatic carbocycles. The highest BCUT2D eigenvalue weighted by molar-refractivity contribution is 5.83. The lowest BCUT2D eigenvalue weighted by Gasteiger charge is -2.01. The van der Waals surface area contributed by atoms with Crippen LogP contribution in [0.3, 0.4) is 0 Å². The van der Waals surface area contributed by atoms with Gasteiger partial charge in [-0.25, -0.2) is 0 Å². The van der Waals surface area contributed by atoms with Gasteiger partial charge < -0.3 is 0 Å². The maximum Gasteiger partial charge on any atom is 0.0679 e. The molecule has 0 unspecified atom stereocenters. The van der Waals surface area contributed by atoms with Crippen LogP contribution in [0, 0.1) is 0 Å². The number of benzene rings is 1. The van der Waals surface area contributed by atoms with Gasteiger partial charge in [-0.05, 0) is 37.1 Å². The number of aryl methyl sites for hydroxylation is 1. The third-order valence-electron chi connectivity index (χ3n) is 2.63. The van der Waals surface area contributed by atoms with Crippen molar-refractivity contribution in [3.63, 3.8) is 0 Å². The minimum absolute atomic E-state index is 1.18. The van der Waals surface area contributed by atoms with E-state index >= 15 is 0 Å². The highest BCUT2D eigenvalue weighted by Crippen LogP contribution is 2.20. The average Bonchev–Trinajstić information content (AvgIpc) is 2.59. The van der Waals surface area contributed by atoms with Crippen LogP contribution in [-0.2, 0) is 7.05 Å². The Labute approximate surface area is 83.9 Å². The van der Waals surface area contributed by atoms with Crippen LogP contribution in [0.4, 0.5) is 0 Å². The number of nitrogens with zero attached hydrogens (tertiary/aromatic N) is 2. The Kier molecular flexibility index (Phi) is 2.12. The van der Waals surface area contributed by atoms with Crippen LogP contribution < -0.4 is 0 Å². The summed E-state index contributed by atoms with van der Waals surface area (Å²) >= 11 is 0. The second-order valence-electron chi connectivity index (χ2n) is 3.51. The smallest absolute Gasteiger partial charge is 0.0679 e. The average molecular weight is 186 g/mol. The Hall–Kier alpha value is -1.57. The van der Waals surface area contributed by atoms with Crippen LogP contribution >= 0.6 is 0 Å². The number of allylic oxidation sites excluding steroid dienone is 2. The number of rotatable bonds is 1. The third-order valence-corrected chi connectivity index (χ3v) is 2.63. The van der Waals surface area contributed by atoms with Crippen LogP contribution in [0.15, 0.2) is 30.5 Å². The van der Waals surface area contributed by atoms with E-state index in [1.807, 2.05) is 17.9 Å². The Morgan fingerprint density at radius 1 is 1.43 bits per heavy atom. The summed E-state index contributed by atoms with van der Waals surface area (Å²) < 4.78 is 1.89. The second kappa shape index (κ2) is 3.29. The summed E-state index contributed by atoms with van der Waals surface area (Å²) in [7, 11) is 1.96. The maximum atomic E-state index is 4.22. The second-order valence-corrected chi connectivity index (χ2v) is 3.51. The van der Waals surface area contributed by atoms with Crippen molar-refractivity contribution in [2.24, 2.45) is 7.05 Å². The SMILES string of the molecule is CC=C(C)c1ccc2c(cnn2C)c1.